The summed E-state index contributed by atoms with van der Waals surface area (Å²) >= 11 is 0. The average molecular weight is 298 g/mol. The minimum Gasteiger partial charge on any atom is -0.425 e. The van der Waals surface area contributed by atoms with E-state index in [1.54, 1.807) is 0 Å². The van der Waals surface area contributed by atoms with Gasteiger partial charge in [-0.2, -0.15) is 0 Å². The zero-order valence-electron chi connectivity index (χ0n) is 11.1. The second-order valence-electron chi connectivity index (χ2n) is 4.98. The lowest BCUT2D eigenvalue weighted by Gasteiger charge is -2.18. The van der Waals surface area contributed by atoms with Gasteiger partial charge in [-0.1, -0.05) is 0 Å². The molecule has 0 spiro atoms. The van der Waals surface area contributed by atoms with E-state index in [9.17, 15) is 13.2 Å². The van der Waals surface area contributed by atoms with Crippen molar-refractivity contribution in [3.63, 3.8) is 0 Å². The van der Waals surface area contributed by atoms with Gasteiger partial charge in [0.1, 0.15) is 5.82 Å². The number of rotatable bonds is 3. The molecule has 1 fully saturated rings. The van der Waals surface area contributed by atoms with Crippen LogP contribution in [0.4, 0.5) is 13.2 Å². The van der Waals surface area contributed by atoms with Gasteiger partial charge in [0.05, 0.1) is 18.9 Å². The first-order valence-electron chi connectivity index (χ1n) is 6.67. The Bertz CT molecular complexity index is 639. The third kappa shape index (κ3) is 3.07. The lowest BCUT2D eigenvalue weighted by Crippen LogP contribution is -2.15. The van der Waals surface area contributed by atoms with E-state index in [0.717, 1.165) is 25.5 Å². The summed E-state index contributed by atoms with van der Waals surface area (Å²) in [6.45, 7) is 1.23. The van der Waals surface area contributed by atoms with Gasteiger partial charge in [0.15, 0.2) is 11.6 Å². The molecule has 1 atom stereocenters. The normalized spacial score (nSPS) is 18.9. The summed E-state index contributed by atoms with van der Waals surface area (Å²) in [4.78, 5) is 0. The average Bonchev–Trinajstić information content (AvgIpc) is 2.94. The van der Waals surface area contributed by atoms with Gasteiger partial charge in [-0.25, -0.2) is 13.2 Å². The molecule has 1 saturated heterocycles. The number of hydrogen-bond donors (Lipinski definition) is 0. The monoisotopic (exact) mass is 298 g/mol. The molecule has 0 N–H and O–H groups in total. The van der Waals surface area contributed by atoms with Crippen LogP contribution >= 0.6 is 0 Å². The zero-order chi connectivity index (χ0) is 14.8. The summed E-state index contributed by atoms with van der Waals surface area (Å²) in [6, 6.07) is 1.31. The Balaban J connectivity index is 1.76. The van der Waals surface area contributed by atoms with Crippen LogP contribution in [0.2, 0.25) is 0 Å². The first-order chi connectivity index (χ1) is 10.1. The van der Waals surface area contributed by atoms with Crippen LogP contribution in [0.3, 0.4) is 0 Å². The van der Waals surface area contributed by atoms with Gasteiger partial charge in [-0.15, -0.1) is 10.2 Å². The highest BCUT2D eigenvalue weighted by Crippen LogP contribution is 2.25. The summed E-state index contributed by atoms with van der Waals surface area (Å²) in [7, 11) is 0. The fourth-order valence-corrected chi connectivity index (χ4v) is 2.30. The molecule has 1 aromatic carbocycles. The maximum atomic E-state index is 13.6. The fraction of sp³-hybridized carbons (Fsp3) is 0.429. The molecule has 1 aliphatic rings. The van der Waals surface area contributed by atoms with Crippen molar-refractivity contribution in [3.05, 3.63) is 46.9 Å². The second kappa shape index (κ2) is 5.85. The molecule has 0 aliphatic carbocycles. The molecule has 0 radical (unpaired) electrons. The van der Waals surface area contributed by atoms with E-state index in [0.29, 0.717) is 18.6 Å². The second-order valence-corrected chi connectivity index (χ2v) is 4.98. The maximum Gasteiger partial charge on any atom is 0.221 e. The van der Waals surface area contributed by atoms with E-state index >= 15 is 0 Å². The predicted molar refractivity (Wildman–Crippen MR) is 66.2 cm³/mol. The van der Waals surface area contributed by atoms with Gasteiger partial charge in [0.2, 0.25) is 11.8 Å². The van der Waals surface area contributed by atoms with Crippen molar-refractivity contribution in [2.75, 3.05) is 13.2 Å². The van der Waals surface area contributed by atoms with Gasteiger partial charge >= 0.3 is 0 Å². The highest BCUT2D eigenvalue weighted by molar-refractivity contribution is 5.22. The predicted octanol–water partition coefficient (Wildman–Crippen LogP) is 2.97. The molecule has 112 valence electrons. The summed E-state index contributed by atoms with van der Waals surface area (Å²) in [5.74, 6) is -2.52. The number of nitrogens with zero attached hydrogens (tertiary/aromatic N) is 2. The van der Waals surface area contributed by atoms with Crippen molar-refractivity contribution in [2.24, 2.45) is 0 Å². The molecule has 0 amide bonds. The molecule has 1 aliphatic heterocycles. The first-order valence-corrected chi connectivity index (χ1v) is 6.67. The number of aromatic nitrogens is 2. The molecule has 21 heavy (non-hydrogen) atoms. The molecule has 0 saturated carbocycles. The molecular formula is C14H13F3N2O2. The third-order valence-corrected chi connectivity index (χ3v) is 3.42. The quantitative estimate of drug-likeness (QED) is 0.817. The van der Waals surface area contributed by atoms with Crippen LogP contribution in [0, 0.1) is 17.5 Å². The molecule has 2 heterocycles. The summed E-state index contributed by atoms with van der Waals surface area (Å²) < 4.78 is 50.4. The molecule has 1 aromatic heterocycles. The van der Waals surface area contributed by atoms with Gasteiger partial charge < -0.3 is 9.15 Å². The Hall–Kier alpha value is -1.89. The molecule has 0 bridgehead atoms. The van der Waals surface area contributed by atoms with Crippen LogP contribution in [0.5, 0.6) is 0 Å². The van der Waals surface area contributed by atoms with Crippen LogP contribution in [-0.4, -0.2) is 23.4 Å². The van der Waals surface area contributed by atoms with E-state index < -0.39 is 17.5 Å². The van der Waals surface area contributed by atoms with Crippen LogP contribution in [-0.2, 0) is 11.2 Å². The third-order valence-electron chi connectivity index (χ3n) is 3.42. The number of benzene rings is 1. The van der Waals surface area contributed by atoms with Crippen LogP contribution in [0.1, 0.15) is 36.1 Å². The van der Waals surface area contributed by atoms with E-state index in [2.05, 4.69) is 10.2 Å². The first kappa shape index (κ1) is 14.1. The summed E-state index contributed by atoms with van der Waals surface area (Å²) in [6.07, 6.45) is 1.73. The largest absolute Gasteiger partial charge is 0.425 e. The molecular weight excluding hydrogens is 285 g/mol. The van der Waals surface area contributed by atoms with Crippen molar-refractivity contribution in [2.45, 2.75) is 25.2 Å². The molecule has 4 nitrogen and oxygen atoms in total. The van der Waals surface area contributed by atoms with Gasteiger partial charge in [0, 0.05) is 18.2 Å². The van der Waals surface area contributed by atoms with Crippen LogP contribution < -0.4 is 0 Å². The van der Waals surface area contributed by atoms with Crippen molar-refractivity contribution < 1.29 is 22.3 Å². The maximum absolute atomic E-state index is 13.6. The minimum absolute atomic E-state index is 0.0241. The Labute approximate surface area is 118 Å². The topological polar surface area (TPSA) is 48.2 Å². The van der Waals surface area contributed by atoms with E-state index in [1.807, 2.05) is 0 Å². The van der Waals surface area contributed by atoms with E-state index in [1.165, 1.54) is 0 Å². The Morgan fingerprint density at radius 3 is 2.67 bits per heavy atom. The number of halogens is 3. The van der Waals surface area contributed by atoms with Gasteiger partial charge in [-0.3, -0.25) is 0 Å². The van der Waals surface area contributed by atoms with Crippen LogP contribution in [0.15, 0.2) is 16.5 Å². The summed E-state index contributed by atoms with van der Waals surface area (Å²) in [5.41, 5.74) is -0.0241. The lowest BCUT2D eigenvalue weighted by atomic mass is 10.0. The highest BCUT2D eigenvalue weighted by atomic mass is 19.2. The van der Waals surface area contributed by atoms with Gasteiger partial charge in [0.25, 0.3) is 0 Å². The highest BCUT2D eigenvalue weighted by Gasteiger charge is 2.22. The molecule has 3 rings (SSSR count). The lowest BCUT2D eigenvalue weighted by molar-refractivity contribution is 0.0722. The fourth-order valence-electron chi connectivity index (χ4n) is 2.30. The van der Waals surface area contributed by atoms with Crippen molar-refractivity contribution in [1.29, 1.82) is 0 Å². The van der Waals surface area contributed by atoms with Gasteiger partial charge in [-0.05, 0) is 18.9 Å². The zero-order valence-corrected chi connectivity index (χ0v) is 11.1. The smallest absolute Gasteiger partial charge is 0.221 e. The van der Waals surface area contributed by atoms with Crippen molar-refractivity contribution in [3.8, 4) is 0 Å². The number of hydrogen-bond acceptors (Lipinski definition) is 4. The van der Waals surface area contributed by atoms with E-state index in [4.69, 9.17) is 9.15 Å². The standard InChI is InChI=1S/C14H13F3N2O2/c15-10-6-12(17)11(16)4-9(10)5-13-18-19-14(21-13)8-2-1-3-20-7-8/h4,6,8H,1-3,5,7H2. The minimum atomic E-state index is -1.22. The Kier molecular flexibility index (Phi) is 3.92. The number of ether oxygens (including phenoxy) is 1. The van der Waals surface area contributed by atoms with Crippen LogP contribution in [0.25, 0.3) is 0 Å². The molecule has 1 unspecified atom stereocenters. The molecule has 2 aromatic rings. The van der Waals surface area contributed by atoms with E-state index in [-0.39, 0.29) is 23.8 Å². The Morgan fingerprint density at radius 1 is 1.10 bits per heavy atom. The SMILES string of the molecule is Fc1cc(F)c(Cc2nnc(C3CCCOC3)o2)cc1F. The summed E-state index contributed by atoms with van der Waals surface area (Å²) in [5, 5.41) is 7.74. The van der Waals surface area contributed by atoms with Crippen molar-refractivity contribution >= 4 is 0 Å². The Morgan fingerprint density at radius 2 is 1.90 bits per heavy atom. The van der Waals surface area contributed by atoms with Crippen molar-refractivity contribution in [1.82, 2.24) is 10.2 Å². The molecule has 7 heteroatoms.